The van der Waals surface area contributed by atoms with Gasteiger partial charge < -0.3 is 10.6 Å². The average molecular weight is 318 g/mol. The van der Waals surface area contributed by atoms with Crippen molar-refractivity contribution in [3.05, 3.63) is 0 Å². The zero-order valence-electron chi connectivity index (χ0n) is 13.3. The molecular weight excluding hydrogens is 286 g/mol. The molecule has 0 amide bonds. The maximum Gasteiger partial charge on any atom is 0.191 e. The molecule has 20 heavy (non-hydrogen) atoms. The fraction of sp³-hybridized carbons (Fsp3) is 0.933. The van der Waals surface area contributed by atoms with Gasteiger partial charge in [0.25, 0.3) is 0 Å². The molecule has 1 saturated carbocycles. The summed E-state index contributed by atoms with van der Waals surface area (Å²) >= 11 is 4.03. The van der Waals surface area contributed by atoms with Crippen molar-refractivity contribution in [2.45, 2.75) is 57.2 Å². The van der Waals surface area contributed by atoms with Crippen LogP contribution in [-0.2, 0) is 0 Å². The van der Waals surface area contributed by atoms with E-state index in [4.69, 9.17) is 4.99 Å². The number of unbranched alkanes of at least 4 members (excludes halogenated alkanes) is 1. The van der Waals surface area contributed by atoms with Crippen LogP contribution in [0.2, 0.25) is 0 Å². The Kier molecular flexibility index (Phi) is 10.5. The molecule has 0 aromatic rings. The van der Waals surface area contributed by atoms with Gasteiger partial charge in [-0.15, -0.1) is 0 Å². The Morgan fingerprint density at radius 3 is 2.80 bits per heavy atom. The highest BCUT2D eigenvalue weighted by Crippen LogP contribution is 2.29. The summed E-state index contributed by atoms with van der Waals surface area (Å²) in [5.41, 5.74) is 0. The summed E-state index contributed by atoms with van der Waals surface area (Å²) in [6.45, 7) is 6.27. The highest BCUT2D eigenvalue weighted by atomic mass is 32.2. The van der Waals surface area contributed by atoms with Crippen LogP contribution in [0.15, 0.2) is 4.99 Å². The normalized spacial score (nSPS) is 23.1. The number of nitrogens with zero attached hydrogens (tertiary/aromatic N) is 1. The van der Waals surface area contributed by atoms with E-state index < -0.39 is 0 Å². The number of aliphatic imine (C=N–C) groups is 1. The molecule has 2 N–H and O–H groups in total. The van der Waals surface area contributed by atoms with Crippen molar-refractivity contribution >= 4 is 29.5 Å². The van der Waals surface area contributed by atoms with Gasteiger partial charge in [-0.05, 0) is 56.8 Å². The highest BCUT2D eigenvalue weighted by molar-refractivity contribution is 7.99. The van der Waals surface area contributed by atoms with E-state index in [-0.39, 0.29) is 0 Å². The Balaban J connectivity index is 2.29. The van der Waals surface area contributed by atoms with E-state index >= 15 is 0 Å². The van der Waals surface area contributed by atoms with Crippen molar-refractivity contribution in [2.24, 2.45) is 4.99 Å². The number of hydrogen-bond acceptors (Lipinski definition) is 3. The first-order chi connectivity index (χ1) is 9.80. The first-order valence-electron chi connectivity index (χ1n) is 7.95. The van der Waals surface area contributed by atoms with Crippen LogP contribution in [0.5, 0.6) is 0 Å². The molecule has 0 spiro atoms. The largest absolute Gasteiger partial charge is 0.357 e. The maximum atomic E-state index is 4.70. The van der Waals surface area contributed by atoms with Crippen LogP contribution < -0.4 is 10.6 Å². The molecule has 0 bridgehead atoms. The topological polar surface area (TPSA) is 36.4 Å². The fourth-order valence-electron chi connectivity index (χ4n) is 2.52. The van der Waals surface area contributed by atoms with Gasteiger partial charge in [0.2, 0.25) is 0 Å². The van der Waals surface area contributed by atoms with Crippen LogP contribution in [0.1, 0.15) is 46.0 Å². The lowest BCUT2D eigenvalue weighted by molar-refractivity contribution is 0.614. The van der Waals surface area contributed by atoms with Crippen molar-refractivity contribution in [3.63, 3.8) is 0 Å². The molecule has 0 aromatic heterocycles. The number of rotatable bonds is 9. The standard InChI is InChI=1S/C15H31N3S2/c1-4-16-15(17-10-6-7-11-19-3)18-13-8-9-14(12-13)20-5-2/h13-14H,4-12H2,1-3H3,(H2,16,17,18). The Hall–Kier alpha value is -0.0300. The maximum absolute atomic E-state index is 4.70. The minimum atomic E-state index is 0.614. The molecular formula is C15H31N3S2. The molecule has 0 heterocycles. The molecule has 1 aliphatic rings. The molecule has 1 aliphatic carbocycles. The second-order valence-electron chi connectivity index (χ2n) is 5.19. The van der Waals surface area contributed by atoms with E-state index in [2.05, 4.69) is 42.5 Å². The molecule has 5 heteroatoms. The number of hydrogen-bond donors (Lipinski definition) is 2. The van der Waals surface area contributed by atoms with Crippen LogP contribution in [0.25, 0.3) is 0 Å². The summed E-state index contributed by atoms with van der Waals surface area (Å²) in [4.78, 5) is 4.70. The number of nitrogens with one attached hydrogen (secondary N) is 2. The summed E-state index contributed by atoms with van der Waals surface area (Å²) in [6, 6.07) is 0.614. The zero-order chi connectivity index (χ0) is 14.6. The van der Waals surface area contributed by atoms with Crippen LogP contribution in [-0.4, -0.2) is 48.1 Å². The van der Waals surface area contributed by atoms with Crippen LogP contribution in [0, 0.1) is 0 Å². The quantitative estimate of drug-likeness (QED) is 0.388. The minimum Gasteiger partial charge on any atom is -0.357 e. The smallest absolute Gasteiger partial charge is 0.191 e. The van der Waals surface area contributed by atoms with Crippen molar-refractivity contribution in [3.8, 4) is 0 Å². The summed E-state index contributed by atoms with van der Waals surface area (Å²) in [5.74, 6) is 3.50. The van der Waals surface area contributed by atoms with Crippen LogP contribution in [0.4, 0.5) is 0 Å². The lowest BCUT2D eigenvalue weighted by atomic mass is 10.2. The van der Waals surface area contributed by atoms with Crippen LogP contribution in [0.3, 0.4) is 0 Å². The van der Waals surface area contributed by atoms with Gasteiger partial charge in [-0.3, -0.25) is 4.99 Å². The minimum absolute atomic E-state index is 0.614. The monoisotopic (exact) mass is 317 g/mol. The van der Waals surface area contributed by atoms with E-state index in [0.29, 0.717) is 6.04 Å². The molecule has 0 aliphatic heterocycles. The highest BCUT2D eigenvalue weighted by Gasteiger charge is 2.24. The van der Waals surface area contributed by atoms with Gasteiger partial charge in [0, 0.05) is 24.4 Å². The van der Waals surface area contributed by atoms with Gasteiger partial charge in [-0.2, -0.15) is 23.5 Å². The second kappa shape index (κ2) is 11.6. The predicted molar refractivity (Wildman–Crippen MR) is 96.3 cm³/mol. The number of thioether (sulfide) groups is 2. The van der Waals surface area contributed by atoms with E-state index in [1.54, 1.807) is 0 Å². The fourth-order valence-corrected chi connectivity index (χ4v) is 4.16. The Labute approximate surface area is 133 Å². The first kappa shape index (κ1) is 18.0. The molecule has 2 unspecified atom stereocenters. The van der Waals surface area contributed by atoms with Gasteiger partial charge >= 0.3 is 0 Å². The summed E-state index contributed by atoms with van der Waals surface area (Å²) in [6.07, 6.45) is 8.55. The molecule has 3 nitrogen and oxygen atoms in total. The molecule has 118 valence electrons. The van der Waals surface area contributed by atoms with Gasteiger partial charge in [0.1, 0.15) is 0 Å². The van der Waals surface area contributed by atoms with Crippen LogP contribution >= 0.6 is 23.5 Å². The van der Waals surface area contributed by atoms with Gasteiger partial charge in [0.15, 0.2) is 5.96 Å². The summed E-state index contributed by atoms with van der Waals surface area (Å²) in [5, 5.41) is 7.84. The second-order valence-corrected chi connectivity index (χ2v) is 7.76. The van der Waals surface area contributed by atoms with Gasteiger partial charge in [-0.25, -0.2) is 0 Å². The Bertz CT molecular complexity index is 272. The lowest BCUT2D eigenvalue weighted by Gasteiger charge is -2.17. The van der Waals surface area contributed by atoms with Crippen molar-refractivity contribution in [1.82, 2.24) is 10.6 Å². The SMILES string of the molecule is CCNC(=NCCCCSC)NC1CCC(SCC)C1. The molecule has 0 saturated heterocycles. The third-order valence-electron chi connectivity index (χ3n) is 3.50. The molecule has 0 radical (unpaired) electrons. The third-order valence-corrected chi connectivity index (χ3v) is 5.43. The van der Waals surface area contributed by atoms with Crippen molar-refractivity contribution in [2.75, 3.05) is 30.9 Å². The average Bonchev–Trinajstić information content (AvgIpc) is 2.86. The summed E-state index contributed by atoms with van der Waals surface area (Å²) < 4.78 is 0. The molecule has 2 atom stereocenters. The van der Waals surface area contributed by atoms with Gasteiger partial charge in [-0.1, -0.05) is 6.92 Å². The lowest BCUT2D eigenvalue weighted by Crippen LogP contribution is -2.42. The van der Waals surface area contributed by atoms with E-state index in [9.17, 15) is 0 Å². The van der Waals surface area contributed by atoms with E-state index in [0.717, 1.165) is 24.3 Å². The molecule has 0 aromatic carbocycles. The predicted octanol–water partition coefficient (Wildman–Crippen LogP) is 3.36. The van der Waals surface area contributed by atoms with Crippen molar-refractivity contribution < 1.29 is 0 Å². The van der Waals surface area contributed by atoms with Crippen molar-refractivity contribution in [1.29, 1.82) is 0 Å². The van der Waals surface area contributed by atoms with Gasteiger partial charge in [0.05, 0.1) is 0 Å². The summed E-state index contributed by atoms with van der Waals surface area (Å²) in [7, 11) is 0. The molecule has 1 fully saturated rings. The number of guanidine groups is 1. The zero-order valence-corrected chi connectivity index (χ0v) is 14.9. The first-order valence-corrected chi connectivity index (χ1v) is 10.4. The van der Waals surface area contributed by atoms with E-state index in [1.165, 1.54) is 43.6 Å². The molecule has 1 rings (SSSR count). The Morgan fingerprint density at radius 2 is 2.10 bits per heavy atom. The Morgan fingerprint density at radius 1 is 1.25 bits per heavy atom. The third kappa shape index (κ3) is 7.67. The van der Waals surface area contributed by atoms with E-state index in [1.807, 2.05) is 11.8 Å².